The fraction of sp³-hybridized carbons (Fsp3) is 0.793. The summed E-state index contributed by atoms with van der Waals surface area (Å²) in [5.74, 6) is 0.263. The first-order valence-corrected chi connectivity index (χ1v) is 13.9. The van der Waals surface area contributed by atoms with E-state index in [2.05, 4.69) is 19.2 Å². The molecule has 0 aromatic heterocycles. The number of rotatable bonds is 8. The Labute approximate surface area is 214 Å². The maximum Gasteiger partial charge on any atom is 0.326 e. The number of ketones is 1. The molecule has 3 saturated carbocycles. The molecule has 7 heteroatoms. The van der Waals surface area contributed by atoms with Crippen molar-refractivity contribution in [1.29, 1.82) is 0 Å². The van der Waals surface area contributed by atoms with E-state index in [0.29, 0.717) is 30.6 Å². The molecule has 2 N–H and O–H groups in total. The minimum atomic E-state index is -1.06. The fourth-order valence-corrected chi connectivity index (χ4v) is 8.10. The van der Waals surface area contributed by atoms with Crippen LogP contribution in [0.15, 0.2) is 11.6 Å². The summed E-state index contributed by atoms with van der Waals surface area (Å²) in [6, 6.07) is -0.937. The van der Waals surface area contributed by atoms with Crippen LogP contribution in [0.3, 0.4) is 0 Å². The first-order chi connectivity index (χ1) is 16.9. The van der Waals surface area contributed by atoms with Crippen molar-refractivity contribution >= 4 is 23.6 Å². The third kappa shape index (κ3) is 5.12. The second-order valence-electron chi connectivity index (χ2n) is 12.7. The van der Waals surface area contributed by atoms with Gasteiger partial charge in [0.15, 0.2) is 5.78 Å². The van der Waals surface area contributed by atoms with Crippen LogP contribution in [0, 0.1) is 34.5 Å². The Hall–Kier alpha value is -2.18. The average Bonchev–Trinajstić information content (AvgIpc) is 3.13. The van der Waals surface area contributed by atoms with E-state index >= 15 is 0 Å². The monoisotopic (exact) mass is 501 g/mol. The van der Waals surface area contributed by atoms with Crippen LogP contribution in [-0.4, -0.2) is 40.9 Å². The Kier molecular flexibility index (Phi) is 7.68. The molecule has 0 unspecified atom stereocenters. The number of carbonyl (C=O) groups excluding carboxylic acids is 3. The summed E-state index contributed by atoms with van der Waals surface area (Å²) in [4.78, 5) is 48.4. The zero-order valence-electron chi connectivity index (χ0n) is 22.3. The molecule has 0 spiro atoms. The molecule has 36 heavy (non-hydrogen) atoms. The number of nitrogens with one attached hydrogen (secondary N) is 1. The van der Waals surface area contributed by atoms with Gasteiger partial charge in [0.1, 0.15) is 12.1 Å². The number of carboxylic acid groups (broad SMARTS) is 1. The van der Waals surface area contributed by atoms with Gasteiger partial charge in [-0.15, -0.1) is 0 Å². The van der Waals surface area contributed by atoms with Gasteiger partial charge >= 0.3 is 11.9 Å². The molecule has 4 aliphatic rings. The molecule has 1 amide bonds. The topological polar surface area (TPSA) is 110 Å². The van der Waals surface area contributed by atoms with Crippen LogP contribution in [0.5, 0.6) is 0 Å². The van der Waals surface area contributed by atoms with E-state index in [9.17, 15) is 24.3 Å². The molecule has 0 aromatic rings. The van der Waals surface area contributed by atoms with E-state index in [1.807, 2.05) is 19.9 Å². The van der Waals surface area contributed by atoms with Gasteiger partial charge in [-0.2, -0.15) is 0 Å². The van der Waals surface area contributed by atoms with Crippen molar-refractivity contribution in [3.63, 3.8) is 0 Å². The largest absolute Gasteiger partial charge is 0.480 e. The first-order valence-electron chi connectivity index (χ1n) is 13.9. The van der Waals surface area contributed by atoms with E-state index in [0.717, 1.165) is 44.9 Å². The van der Waals surface area contributed by atoms with Crippen molar-refractivity contribution in [1.82, 2.24) is 5.32 Å². The maximum atomic E-state index is 12.7. The van der Waals surface area contributed by atoms with Gasteiger partial charge in [-0.05, 0) is 86.5 Å². The van der Waals surface area contributed by atoms with Crippen LogP contribution in [0.4, 0.5) is 0 Å². The van der Waals surface area contributed by atoms with Crippen molar-refractivity contribution in [2.24, 2.45) is 34.5 Å². The smallest absolute Gasteiger partial charge is 0.326 e. The molecule has 0 radical (unpaired) electrons. The SMILES string of the molecule is CC(C)C[C@@H](NC(=O)CCC(=O)O[C@H]1CC[C@H]2[C@H]3CCC4=CC(=O)CC[C@]4(C)[C@@H]3CC[C@]12C)C(=O)O. The Balaban J connectivity index is 1.33. The minimum Gasteiger partial charge on any atom is -0.480 e. The summed E-state index contributed by atoms with van der Waals surface area (Å²) in [7, 11) is 0. The number of hydrogen-bond donors (Lipinski definition) is 2. The molecule has 4 aliphatic carbocycles. The van der Waals surface area contributed by atoms with Crippen LogP contribution in [0.1, 0.15) is 98.3 Å². The molecular weight excluding hydrogens is 458 g/mol. The van der Waals surface area contributed by atoms with Gasteiger partial charge < -0.3 is 15.2 Å². The summed E-state index contributed by atoms with van der Waals surface area (Å²) in [5, 5.41) is 11.9. The molecule has 0 heterocycles. The van der Waals surface area contributed by atoms with Crippen molar-refractivity contribution in [2.75, 3.05) is 0 Å². The van der Waals surface area contributed by atoms with Gasteiger partial charge in [0.25, 0.3) is 0 Å². The van der Waals surface area contributed by atoms with Crippen molar-refractivity contribution in [2.45, 2.75) is 110 Å². The third-order valence-corrected chi connectivity index (χ3v) is 10.0. The number of fused-ring (bicyclic) bond motifs is 5. The zero-order valence-corrected chi connectivity index (χ0v) is 22.3. The molecule has 0 aromatic carbocycles. The summed E-state index contributed by atoms with van der Waals surface area (Å²) in [6.07, 6.45) is 9.81. The molecule has 200 valence electrons. The lowest BCUT2D eigenvalue weighted by atomic mass is 9.47. The van der Waals surface area contributed by atoms with Crippen LogP contribution in [-0.2, 0) is 23.9 Å². The third-order valence-electron chi connectivity index (χ3n) is 10.0. The number of amides is 1. The first kappa shape index (κ1) is 26.9. The number of esters is 1. The molecule has 0 saturated heterocycles. The molecule has 7 nitrogen and oxygen atoms in total. The number of allylic oxidation sites excluding steroid dienone is 1. The average molecular weight is 502 g/mol. The lowest BCUT2D eigenvalue weighted by molar-refractivity contribution is -0.160. The lowest BCUT2D eigenvalue weighted by Gasteiger charge is -2.57. The number of ether oxygens (including phenoxy) is 1. The summed E-state index contributed by atoms with van der Waals surface area (Å²) in [5.41, 5.74) is 1.44. The second-order valence-corrected chi connectivity index (χ2v) is 12.7. The van der Waals surface area contributed by atoms with Crippen molar-refractivity contribution < 1.29 is 29.0 Å². The van der Waals surface area contributed by atoms with E-state index in [1.165, 1.54) is 5.57 Å². The molecule has 3 fully saturated rings. The summed E-state index contributed by atoms with van der Waals surface area (Å²) >= 11 is 0. The van der Waals surface area contributed by atoms with Gasteiger partial charge in [-0.3, -0.25) is 14.4 Å². The zero-order chi connectivity index (χ0) is 26.3. The van der Waals surface area contributed by atoms with E-state index in [-0.39, 0.29) is 47.4 Å². The van der Waals surface area contributed by atoms with Gasteiger partial charge in [-0.1, -0.05) is 33.3 Å². The molecule has 0 bridgehead atoms. The normalized spacial score (nSPS) is 36.2. The predicted octanol–water partition coefficient (Wildman–Crippen LogP) is 4.83. The Morgan fingerprint density at radius 1 is 1.06 bits per heavy atom. The van der Waals surface area contributed by atoms with E-state index in [1.54, 1.807) is 0 Å². The fourth-order valence-electron chi connectivity index (χ4n) is 8.10. The Bertz CT molecular complexity index is 940. The standard InChI is InChI=1S/C29H43NO6/c1-17(2)15-23(27(34)35)30-25(32)9-10-26(33)36-24-8-7-21-20-6-5-18-16-19(31)11-13-28(18,3)22(20)12-14-29(21,24)4/h16-17,20-24H,5-15H2,1-4H3,(H,30,32)(H,34,35)/t20-,21+,22-,23-,24+,28+,29+/m1/s1. The van der Waals surface area contributed by atoms with Gasteiger partial charge in [0, 0.05) is 18.3 Å². The minimum absolute atomic E-state index is 0.0383. The molecular formula is C29H43NO6. The van der Waals surface area contributed by atoms with Gasteiger partial charge in [0.2, 0.25) is 5.91 Å². The van der Waals surface area contributed by atoms with Crippen molar-refractivity contribution in [3.8, 4) is 0 Å². The van der Waals surface area contributed by atoms with Crippen molar-refractivity contribution in [3.05, 3.63) is 11.6 Å². The second kappa shape index (κ2) is 10.3. The number of carboxylic acids is 1. The quantitative estimate of drug-likeness (QED) is 0.461. The number of aliphatic carboxylic acids is 1. The van der Waals surface area contributed by atoms with Gasteiger partial charge in [-0.25, -0.2) is 4.79 Å². The molecule has 7 atom stereocenters. The van der Waals surface area contributed by atoms with Gasteiger partial charge in [0.05, 0.1) is 6.42 Å². The van der Waals surface area contributed by atoms with E-state index in [4.69, 9.17) is 4.74 Å². The number of carbonyl (C=O) groups is 4. The highest BCUT2D eigenvalue weighted by Crippen LogP contribution is 2.65. The van der Waals surface area contributed by atoms with Crippen LogP contribution in [0.25, 0.3) is 0 Å². The summed E-state index contributed by atoms with van der Waals surface area (Å²) < 4.78 is 5.99. The van der Waals surface area contributed by atoms with E-state index < -0.39 is 17.9 Å². The number of hydrogen-bond acceptors (Lipinski definition) is 5. The van der Waals surface area contributed by atoms with Crippen LogP contribution < -0.4 is 5.32 Å². The van der Waals surface area contributed by atoms with Crippen LogP contribution in [0.2, 0.25) is 0 Å². The highest BCUT2D eigenvalue weighted by molar-refractivity contribution is 5.91. The molecule has 0 aliphatic heterocycles. The maximum absolute atomic E-state index is 12.7. The molecule has 4 rings (SSSR count). The van der Waals surface area contributed by atoms with Crippen LogP contribution >= 0.6 is 0 Å². The lowest BCUT2D eigenvalue weighted by Crippen LogP contribution is -2.51. The Morgan fingerprint density at radius 2 is 1.81 bits per heavy atom. The summed E-state index contributed by atoms with van der Waals surface area (Å²) in [6.45, 7) is 8.47. The Morgan fingerprint density at radius 3 is 2.50 bits per heavy atom. The highest BCUT2D eigenvalue weighted by atomic mass is 16.5. The highest BCUT2D eigenvalue weighted by Gasteiger charge is 2.59. The predicted molar refractivity (Wildman–Crippen MR) is 135 cm³/mol.